The molecule has 1 heterocycles. The molecule has 0 bridgehead atoms. The predicted octanol–water partition coefficient (Wildman–Crippen LogP) is 5.03. The second kappa shape index (κ2) is 7.24. The van der Waals surface area contributed by atoms with Crippen LogP contribution in [-0.2, 0) is 17.8 Å². The molecule has 3 aromatic rings. The normalized spacial score (nSPS) is 16.8. The van der Waals surface area contributed by atoms with Gasteiger partial charge in [0.25, 0.3) is 0 Å². The molecule has 4 heteroatoms. The van der Waals surface area contributed by atoms with Crippen LogP contribution in [0.2, 0.25) is 0 Å². The van der Waals surface area contributed by atoms with Crippen molar-refractivity contribution >= 4 is 16.9 Å². The van der Waals surface area contributed by atoms with Crippen molar-refractivity contribution in [2.45, 2.75) is 44.6 Å². The Bertz CT molecular complexity index is 914. The first-order valence-corrected chi connectivity index (χ1v) is 9.24. The van der Waals surface area contributed by atoms with Crippen molar-refractivity contribution in [1.82, 2.24) is 4.98 Å². The number of nitrogens with one attached hydrogen (secondary N) is 1. The molecule has 2 aromatic carbocycles. The average molecular weight is 349 g/mol. The Hall–Kier alpha value is -2.75. The summed E-state index contributed by atoms with van der Waals surface area (Å²) in [6, 6.07) is 16.2. The molecule has 1 aromatic heterocycles. The van der Waals surface area contributed by atoms with Crippen molar-refractivity contribution in [2.75, 3.05) is 0 Å². The summed E-state index contributed by atoms with van der Waals surface area (Å²) in [4.78, 5) is 14.8. The van der Waals surface area contributed by atoms with Crippen molar-refractivity contribution in [1.29, 1.82) is 0 Å². The van der Waals surface area contributed by atoms with E-state index in [0.29, 0.717) is 6.61 Å². The van der Waals surface area contributed by atoms with Gasteiger partial charge in [0.15, 0.2) is 0 Å². The second-order valence-electron chi connectivity index (χ2n) is 7.04. The molecule has 0 aliphatic heterocycles. The zero-order valence-corrected chi connectivity index (χ0v) is 14.7. The van der Waals surface area contributed by atoms with Crippen LogP contribution < -0.4 is 4.74 Å². The lowest BCUT2D eigenvalue weighted by Gasteiger charge is -2.13. The molecular formula is C22H23NO3. The van der Waals surface area contributed by atoms with E-state index >= 15 is 0 Å². The number of rotatable bonds is 5. The number of hydrogen-bond donors (Lipinski definition) is 2. The molecule has 0 saturated carbocycles. The molecule has 26 heavy (non-hydrogen) atoms. The number of hydrogen-bond acceptors (Lipinski definition) is 2. The lowest BCUT2D eigenvalue weighted by Crippen LogP contribution is -2.06. The van der Waals surface area contributed by atoms with E-state index in [4.69, 9.17) is 4.74 Å². The highest BCUT2D eigenvalue weighted by Crippen LogP contribution is 2.39. The van der Waals surface area contributed by atoms with Crippen molar-refractivity contribution in [3.05, 3.63) is 65.4 Å². The van der Waals surface area contributed by atoms with E-state index in [0.717, 1.165) is 47.9 Å². The Morgan fingerprint density at radius 3 is 2.81 bits per heavy atom. The molecule has 2 N–H and O–H groups in total. The van der Waals surface area contributed by atoms with Crippen molar-refractivity contribution in [2.24, 2.45) is 0 Å². The van der Waals surface area contributed by atoms with Gasteiger partial charge in [-0.15, -0.1) is 0 Å². The van der Waals surface area contributed by atoms with Gasteiger partial charge in [0, 0.05) is 22.7 Å². The van der Waals surface area contributed by atoms with Crippen molar-refractivity contribution < 1.29 is 14.6 Å². The third-order valence-corrected chi connectivity index (χ3v) is 5.20. The standard InChI is InChI=1S/C22H23NO3/c24-21(25)12-16-8-4-5-9-19-22(16)18-11-10-17(13-20(18)23-19)26-14-15-6-2-1-3-7-15/h1-3,6-7,10-11,13,16,23H,4-5,8-9,12,14H2,(H,24,25). The minimum atomic E-state index is -0.722. The van der Waals surface area contributed by atoms with Gasteiger partial charge < -0.3 is 14.8 Å². The van der Waals surface area contributed by atoms with Crippen LogP contribution in [0.25, 0.3) is 10.9 Å². The lowest BCUT2D eigenvalue weighted by atomic mass is 9.90. The van der Waals surface area contributed by atoms with Gasteiger partial charge in [-0.2, -0.15) is 0 Å². The number of carboxylic acids is 1. The molecule has 134 valence electrons. The number of aliphatic carboxylic acids is 1. The first-order valence-electron chi connectivity index (χ1n) is 9.24. The van der Waals surface area contributed by atoms with Crippen LogP contribution in [0.3, 0.4) is 0 Å². The number of ether oxygens (including phenoxy) is 1. The molecule has 4 nitrogen and oxygen atoms in total. The van der Waals surface area contributed by atoms with Gasteiger partial charge in [-0.25, -0.2) is 0 Å². The van der Waals surface area contributed by atoms with Crippen LogP contribution in [0.5, 0.6) is 5.75 Å². The lowest BCUT2D eigenvalue weighted by molar-refractivity contribution is -0.137. The summed E-state index contributed by atoms with van der Waals surface area (Å²) in [7, 11) is 0. The van der Waals surface area contributed by atoms with E-state index in [1.807, 2.05) is 42.5 Å². The van der Waals surface area contributed by atoms with Gasteiger partial charge in [-0.1, -0.05) is 36.8 Å². The summed E-state index contributed by atoms with van der Waals surface area (Å²) in [6.07, 6.45) is 4.32. The van der Waals surface area contributed by atoms with Gasteiger partial charge in [0.2, 0.25) is 0 Å². The number of carboxylic acid groups (broad SMARTS) is 1. The number of aromatic nitrogens is 1. The molecule has 1 atom stereocenters. The third kappa shape index (κ3) is 3.45. The number of fused-ring (bicyclic) bond motifs is 3. The maximum Gasteiger partial charge on any atom is 0.303 e. The maximum atomic E-state index is 11.3. The monoisotopic (exact) mass is 349 g/mol. The predicted molar refractivity (Wildman–Crippen MR) is 102 cm³/mol. The Morgan fingerprint density at radius 2 is 2.00 bits per heavy atom. The topological polar surface area (TPSA) is 62.3 Å². The fourth-order valence-corrected chi connectivity index (χ4v) is 4.00. The molecule has 0 spiro atoms. The van der Waals surface area contributed by atoms with E-state index in [-0.39, 0.29) is 12.3 Å². The Kier molecular flexibility index (Phi) is 4.65. The number of carbonyl (C=O) groups is 1. The largest absolute Gasteiger partial charge is 0.489 e. The van der Waals surface area contributed by atoms with Crippen LogP contribution >= 0.6 is 0 Å². The number of H-pyrrole nitrogens is 1. The average Bonchev–Trinajstić information content (AvgIpc) is 2.89. The summed E-state index contributed by atoms with van der Waals surface area (Å²) in [5.74, 6) is 0.197. The molecule has 0 amide bonds. The third-order valence-electron chi connectivity index (χ3n) is 5.20. The fraction of sp³-hybridized carbons (Fsp3) is 0.318. The van der Waals surface area contributed by atoms with Gasteiger partial charge >= 0.3 is 5.97 Å². The highest BCUT2D eigenvalue weighted by atomic mass is 16.5. The number of benzene rings is 2. The minimum Gasteiger partial charge on any atom is -0.489 e. The number of aryl methyl sites for hydroxylation is 1. The van der Waals surface area contributed by atoms with Gasteiger partial charge in [-0.05, 0) is 48.4 Å². The summed E-state index contributed by atoms with van der Waals surface area (Å²) in [5, 5.41) is 10.4. The summed E-state index contributed by atoms with van der Waals surface area (Å²) >= 11 is 0. The van der Waals surface area contributed by atoms with Crippen LogP contribution in [-0.4, -0.2) is 16.1 Å². The second-order valence-corrected chi connectivity index (χ2v) is 7.04. The highest BCUT2D eigenvalue weighted by molar-refractivity contribution is 5.87. The van der Waals surface area contributed by atoms with E-state index in [2.05, 4.69) is 11.1 Å². The van der Waals surface area contributed by atoms with Crippen molar-refractivity contribution in [3.63, 3.8) is 0 Å². The maximum absolute atomic E-state index is 11.3. The van der Waals surface area contributed by atoms with E-state index < -0.39 is 5.97 Å². The molecule has 0 radical (unpaired) electrons. The molecule has 0 fully saturated rings. The molecule has 1 aliphatic carbocycles. The molecular weight excluding hydrogens is 326 g/mol. The first kappa shape index (κ1) is 16.7. The molecule has 4 rings (SSSR count). The zero-order valence-electron chi connectivity index (χ0n) is 14.7. The smallest absolute Gasteiger partial charge is 0.303 e. The zero-order chi connectivity index (χ0) is 17.9. The molecule has 1 unspecified atom stereocenters. The summed E-state index contributed by atoms with van der Waals surface area (Å²) in [5.41, 5.74) is 4.58. The number of aromatic amines is 1. The van der Waals surface area contributed by atoms with Gasteiger partial charge in [0.05, 0.1) is 6.42 Å². The Balaban J connectivity index is 1.62. The van der Waals surface area contributed by atoms with E-state index in [9.17, 15) is 9.90 Å². The Labute approximate surface area is 152 Å². The summed E-state index contributed by atoms with van der Waals surface area (Å²) in [6.45, 7) is 0.536. The SMILES string of the molecule is O=C(O)CC1CCCCc2[nH]c3cc(OCc4ccccc4)ccc3c21. The highest BCUT2D eigenvalue weighted by Gasteiger charge is 2.25. The van der Waals surface area contributed by atoms with Crippen LogP contribution in [0.1, 0.15) is 48.4 Å². The first-order chi connectivity index (χ1) is 12.7. The molecule has 1 aliphatic rings. The molecule has 0 saturated heterocycles. The van der Waals surface area contributed by atoms with Crippen LogP contribution in [0.4, 0.5) is 0 Å². The van der Waals surface area contributed by atoms with Crippen molar-refractivity contribution in [3.8, 4) is 5.75 Å². The van der Waals surface area contributed by atoms with E-state index in [1.165, 1.54) is 11.3 Å². The quantitative estimate of drug-likeness (QED) is 0.635. The van der Waals surface area contributed by atoms with Crippen LogP contribution in [0, 0.1) is 0 Å². The van der Waals surface area contributed by atoms with Gasteiger partial charge in [-0.3, -0.25) is 4.79 Å². The minimum absolute atomic E-state index is 0.0924. The summed E-state index contributed by atoms with van der Waals surface area (Å²) < 4.78 is 5.93. The van der Waals surface area contributed by atoms with Crippen LogP contribution in [0.15, 0.2) is 48.5 Å². The Morgan fingerprint density at radius 1 is 1.15 bits per heavy atom. The fourth-order valence-electron chi connectivity index (χ4n) is 4.00. The van der Waals surface area contributed by atoms with E-state index in [1.54, 1.807) is 0 Å². The van der Waals surface area contributed by atoms with Gasteiger partial charge in [0.1, 0.15) is 12.4 Å².